The molecule has 1 unspecified atom stereocenters. The number of hydrogen-bond donors (Lipinski definition) is 1. The van der Waals surface area contributed by atoms with E-state index in [0.717, 1.165) is 11.3 Å². The van der Waals surface area contributed by atoms with Gasteiger partial charge in [-0.1, -0.05) is 19.9 Å². The number of benzene rings is 1. The van der Waals surface area contributed by atoms with Crippen LogP contribution in [0.25, 0.3) is 11.5 Å². The van der Waals surface area contributed by atoms with Gasteiger partial charge in [0.1, 0.15) is 0 Å². The van der Waals surface area contributed by atoms with Crippen molar-refractivity contribution in [2.45, 2.75) is 39.2 Å². The van der Waals surface area contributed by atoms with Crippen molar-refractivity contribution in [1.29, 1.82) is 0 Å². The maximum atomic E-state index is 5.23. The highest BCUT2D eigenvalue weighted by molar-refractivity contribution is 5.61. The van der Waals surface area contributed by atoms with E-state index in [1.54, 1.807) is 0 Å². The van der Waals surface area contributed by atoms with Crippen LogP contribution < -0.4 is 5.32 Å². The monoisotopic (exact) mass is 257 g/mol. The van der Waals surface area contributed by atoms with Crippen LogP contribution in [0.4, 0.5) is 5.69 Å². The normalized spacial score (nSPS) is 21.5. The highest BCUT2D eigenvalue weighted by Crippen LogP contribution is 2.38. The smallest absolute Gasteiger partial charge is 0.247 e. The summed E-state index contributed by atoms with van der Waals surface area (Å²) in [5, 5.41) is 11.3. The van der Waals surface area contributed by atoms with E-state index < -0.39 is 0 Å². The third-order valence-corrected chi connectivity index (χ3v) is 3.81. The van der Waals surface area contributed by atoms with Crippen molar-refractivity contribution in [3.63, 3.8) is 0 Å². The van der Waals surface area contributed by atoms with Crippen LogP contribution in [-0.2, 0) is 0 Å². The summed E-state index contributed by atoms with van der Waals surface area (Å²) < 4.78 is 5.23. The summed E-state index contributed by atoms with van der Waals surface area (Å²) in [5.41, 5.74) is 2.54. The first-order valence-electron chi connectivity index (χ1n) is 6.76. The number of nitrogens with zero attached hydrogens (tertiary/aromatic N) is 2. The lowest BCUT2D eigenvalue weighted by atomic mass is 9.92. The lowest BCUT2D eigenvalue weighted by molar-refractivity contribution is 0.378. The van der Waals surface area contributed by atoms with Gasteiger partial charge in [0.05, 0.1) is 0 Å². The fraction of sp³-hybridized carbons (Fsp3) is 0.467. The van der Waals surface area contributed by atoms with Gasteiger partial charge in [0.15, 0.2) is 0 Å². The molecule has 2 aromatic rings. The second-order valence-electron chi connectivity index (χ2n) is 6.07. The van der Waals surface area contributed by atoms with E-state index >= 15 is 0 Å². The number of aromatic nitrogens is 2. The van der Waals surface area contributed by atoms with Crippen molar-refractivity contribution < 1.29 is 4.42 Å². The molecular formula is C15H19N3O. The van der Waals surface area contributed by atoms with E-state index in [9.17, 15) is 0 Å². The van der Waals surface area contributed by atoms with Crippen LogP contribution in [-0.4, -0.2) is 16.2 Å². The maximum absolute atomic E-state index is 5.23. The largest absolute Gasteiger partial charge is 0.423 e. The molecule has 4 nitrogen and oxygen atoms in total. The predicted octanol–water partition coefficient (Wildman–Crippen LogP) is 3.73. The van der Waals surface area contributed by atoms with Crippen LogP contribution >= 0.6 is 0 Å². The molecule has 0 saturated heterocycles. The lowest BCUT2D eigenvalue weighted by Gasteiger charge is -2.18. The van der Waals surface area contributed by atoms with Gasteiger partial charge in [-0.15, -0.1) is 10.2 Å². The third kappa shape index (κ3) is 2.78. The van der Waals surface area contributed by atoms with Crippen molar-refractivity contribution in [2.24, 2.45) is 5.41 Å². The van der Waals surface area contributed by atoms with E-state index in [-0.39, 0.29) is 0 Å². The highest BCUT2D eigenvalue weighted by Gasteiger charge is 2.30. The minimum atomic E-state index is 0.460. The Kier molecular flexibility index (Phi) is 3.01. The number of hydrogen-bond acceptors (Lipinski definition) is 4. The van der Waals surface area contributed by atoms with Crippen molar-refractivity contribution in [3.05, 3.63) is 30.7 Å². The summed E-state index contributed by atoms with van der Waals surface area (Å²) >= 11 is 0. The van der Waals surface area contributed by atoms with E-state index in [1.807, 2.05) is 12.1 Å². The molecule has 0 amide bonds. The molecule has 100 valence electrons. The molecule has 0 spiro atoms. The number of rotatable bonds is 3. The lowest BCUT2D eigenvalue weighted by Crippen LogP contribution is -2.17. The van der Waals surface area contributed by atoms with Crippen LogP contribution in [0, 0.1) is 5.41 Å². The first-order chi connectivity index (χ1) is 9.12. The summed E-state index contributed by atoms with van der Waals surface area (Å²) in [6.45, 7) is 4.67. The first-order valence-corrected chi connectivity index (χ1v) is 6.76. The number of nitrogens with one attached hydrogen (secondary N) is 1. The minimum Gasteiger partial charge on any atom is -0.423 e. The molecule has 19 heavy (non-hydrogen) atoms. The molecule has 1 aliphatic carbocycles. The van der Waals surface area contributed by atoms with Gasteiger partial charge in [0.2, 0.25) is 12.3 Å². The Morgan fingerprint density at radius 1 is 1.37 bits per heavy atom. The molecule has 0 bridgehead atoms. The molecule has 1 heterocycles. The number of anilines is 1. The van der Waals surface area contributed by atoms with E-state index in [2.05, 4.69) is 41.5 Å². The van der Waals surface area contributed by atoms with Crippen molar-refractivity contribution in [3.8, 4) is 11.5 Å². The van der Waals surface area contributed by atoms with Crippen LogP contribution in [0.3, 0.4) is 0 Å². The van der Waals surface area contributed by atoms with Crippen molar-refractivity contribution in [2.75, 3.05) is 5.32 Å². The molecule has 1 fully saturated rings. The minimum absolute atomic E-state index is 0.460. The molecule has 3 rings (SSSR count). The van der Waals surface area contributed by atoms with Gasteiger partial charge in [-0.05, 0) is 42.9 Å². The van der Waals surface area contributed by atoms with Gasteiger partial charge in [0.25, 0.3) is 0 Å². The average Bonchev–Trinajstić information content (AvgIpc) is 2.99. The van der Waals surface area contributed by atoms with Gasteiger partial charge in [-0.3, -0.25) is 0 Å². The predicted molar refractivity (Wildman–Crippen MR) is 74.8 cm³/mol. The van der Waals surface area contributed by atoms with Gasteiger partial charge in [-0.2, -0.15) is 0 Å². The van der Waals surface area contributed by atoms with Crippen molar-refractivity contribution in [1.82, 2.24) is 10.2 Å². The Morgan fingerprint density at radius 2 is 2.26 bits per heavy atom. The Hall–Kier alpha value is -1.84. The van der Waals surface area contributed by atoms with Crippen LogP contribution in [0.5, 0.6) is 0 Å². The molecular weight excluding hydrogens is 238 g/mol. The second kappa shape index (κ2) is 4.68. The van der Waals surface area contributed by atoms with E-state index in [0.29, 0.717) is 17.3 Å². The summed E-state index contributed by atoms with van der Waals surface area (Å²) in [6, 6.07) is 8.72. The summed E-state index contributed by atoms with van der Waals surface area (Å²) in [6.07, 6.45) is 5.10. The summed E-state index contributed by atoms with van der Waals surface area (Å²) in [4.78, 5) is 0. The first kappa shape index (κ1) is 12.2. The summed E-state index contributed by atoms with van der Waals surface area (Å²) in [5.74, 6) is 0.565. The van der Waals surface area contributed by atoms with Crippen LogP contribution in [0.1, 0.15) is 33.1 Å². The van der Waals surface area contributed by atoms with E-state index in [1.165, 1.54) is 25.7 Å². The molecule has 1 atom stereocenters. The summed E-state index contributed by atoms with van der Waals surface area (Å²) in [7, 11) is 0. The maximum Gasteiger partial charge on any atom is 0.247 e. The third-order valence-electron chi connectivity index (χ3n) is 3.81. The van der Waals surface area contributed by atoms with Gasteiger partial charge in [-0.25, -0.2) is 0 Å². The van der Waals surface area contributed by atoms with Crippen molar-refractivity contribution >= 4 is 5.69 Å². The van der Waals surface area contributed by atoms with Crippen LogP contribution in [0.2, 0.25) is 0 Å². The molecule has 0 aliphatic heterocycles. The Balaban J connectivity index is 1.74. The Bertz CT molecular complexity index is 548. The molecule has 4 heteroatoms. The van der Waals surface area contributed by atoms with Gasteiger partial charge in [0, 0.05) is 17.3 Å². The van der Waals surface area contributed by atoms with E-state index in [4.69, 9.17) is 4.42 Å². The fourth-order valence-electron chi connectivity index (χ4n) is 2.84. The molecule has 1 N–H and O–H groups in total. The quantitative estimate of drug-likeness (QED) is 0.910. The Labute approximate surface area is 113 Å². The molecule has 1 aromatic carbocycles. The fourth-order valence-corrected chi connectivity index (χ4v) is 2.84. The Morgan fingerprint density at radius 3 is 2.95 bits per heavy atom. The SMILES string of the molecule is CC1(C)CCC(Nc2cccc(-c3nnco3)c2)C1. The van der Waals surface area contributed by atoms with Crippen LogP contribution in [0.15, 0.2) is 35.1 Å². The second-order valence-corrected chi connectivity index (χ2v) is 6.07. The zero-order valence-electron chi connectivity index (χ0n) is 11.4. The van der Waals surface area contributed by atoms with Gasteiger partial charge < -0.3 is 9.73 Å². The molecule has 0 radical (unpaired) electrons. The molecule has 1 saturated carbocycles. The van der Waals surface area contributed by atoms with Gasteiger partial charge >= 0.3 is 0 Å². The standard InChI is InChI=1S/C15H19N3O/c1-15(2)7-6-13(9-15)17-12-5-3-4-11(8-12)14-18-16-10-19-14/h3-5,8,10,13,17H,6-7,9H2,1-2H3. The highest BCUT2D eigenvalue weighted by atomic mass is 16.4. The topological polar surface area (TPSA) is 51.0 Å². The zero-order chi connectivity index (χ0) is 13.3. The zero-order valence-corrected chi connectivity index (χ0v) is 11.4. The molecule has 1 aliphatic rings. The average molecular weight is 257 g/mol. The molecule has 1 aromatic heterocycles.